The maximum Gasteiger partial charge on any atom is 0.267 e. The van der Waals surface area contributed by atoms with Gasteiger partial charge in [-0.05, 0) is 91.3 Å². The van der Waals surface area contributed by atoms with E-state index in [9.17, 15) is 9.59 Å². The second kappa shape index (κ2) is 12.1. The maximum absolute atomic E-state index is 13.8. The molecule has 3 aromatic carbocycles. The number of hydrogen-bond donors (Lipinski definition) is 1. The molecule has 6 rings (SSSR count). The lowest BCUT2D eigenvalue weighted by Gasteiger charge is -2.21. The van der Waals surface area contributed by atoms with Crippen LogP contribution in [0, 0.1) is 0 Å². The molecule has 0 spiro atoms. The minimum absolute atomic E-state index is 0.0835. The van der Waals surface area contributed by atoms with Crippen LogP contribution in [0.4, 0.5) is 5.88 Å². The van der Waals surface area contributed by atoms with E-state index in [-0.39, 0.29) is 11.5 Å². The molecule has 0 saturated heterocycles. The maximum atomic E-state index is 13.8. The van der Waals surface area contributed by atoms with E-state index in [0.717, 1.165) is 65.1 Å². The largest absolute Gasteiger partial charge is 0.457 e. The number of nitrogens with zero attached hydrogens (tertiary/aromatic N) is 2. The van der Waals surface area contributed by atoms with Gasteiger partial charge in [-0.25, -0.2) is 5.10 Å². The number of ether oxygens (including phenoxy) is 1. The van der Waals surface area contributed by atoms with Crippen molar-refractivity contribution in [2.75, 3.05) is 11.4 Å². The number of furan rings is 1. The van der Waals surface area contributed by atoms with Crippen molar-refractivity contribution in [2.24, 2.45) is 0 Å². The topological polar surface area (TPSA) is 88.4 Å². The molecule has 1 N–H and O–H groups in total. The first-order valence-corrected chi connectivity index (χ1v) is 14.0. The average molecular weight is 546 g/mol. The molecule has 7 nitrogen and oxygen atoms in total. The first-order valence-electron chi connectivity index (χ1n) is 14.0. The molecule has 0 bridgehead atoms. The third kappa shape index (κ3) is 6.14. The van der Waals surface area contributed by atoms with Crippen molar-refractivity contribution in [2.45, 2.75) is 38.5 Å². The molecule has 5 aromatic rings. The van der Waals surface area contributed by atoms with E-state index in [1.165, 1.54) is 0 Å². The van der Waals surface area contributed by atoms with E-state index in [2.05, 4.69) is 10.2 Å². The van der Waals surface area contributed by atoms with Gasteiger partial charge in [0, 0.05) is 30.2 Å². The Morgan fingerprint density at radius 3 is 2.41 bits per heavy atom. The van der Waals surface area contributed by atoms with Crippen molar-refractivity contribution in [1.29, 1.82) is 0 Å². The van der Waals surface area contributed by atoms with Crippen LogP contribution in [-0.4, -0.2) is 22.6 Å². The van der Waals surface area contributed by atoms with Gasteiger partial charge in [0.15, 0.2) is 0 Å². The van der Waals surface area contributed by atoms with E-state index in [1.54, 1.807) is 23.3 Å². The van der Waals surface area contributed by atoms with Crippen molar-refractivity contribution in [1.82, 2.24) is 10.2 Å². The summed E-state index contributed by atoms with van der Waals surface area (Å²) in [7, 11) is 0. The smallest absolute Gasteiger partial charge is 0.267 e. The summed E-state index contributed by atoms with van der Waals surface area (Å²) in [6.07, 6.45) is 6.52. The zero-order valence-corrected chi connectivity index (χ0v) is 22.7. The number of aromatic nitrogens is 2. The number of amides is 1. The van der Waals surface area contributed by atoms with Crippen LogP contribution in [0.25, 0.3) is 0 Å². The molecule has 0 fully saturated rings. The predicted molar refractivity (Wildman–Crippen MR) is 158 cm³/mol. The highest BCUT2D eigenvalue weighted by Crippen LogP contribution is 2.25. The number of nitrogens with one attached hydrogen (secondary N) is 1. The zero-order valence-electron chi connectivity index (χ0n) is 22.7. The van der Waals surface area contributed by atoms with Crippen molar-refractivity contribution in [3.63, 3.8) is 0 Å². The van der Waals surface area contributed by atoms with Crippen LogP contribution in [0.2, 0.25) is 0 Å². The van der Waals surface area contributed by atoms with Gasteiger partial charge in [0.25, 0.3) is 11.5 Å². The lowest BCUT2D eigenvalue weighted by molar-refractivity contribution is 0.0983. The quantitative estimate of drug-likeness (QED) is 0.228. The van der Waals surface area contributed by atoms with Gasteiger partial charge in [-0.2, -0.15) is 5.10 Å². The summed E-state index contributed by atoms with van der Waals surface area (Å²) in [6, 6.07) is 28.8. The fourth-order valence-electron chi connectivity index (χ4n) is 5.36. The molecule has 2 aromatic heterocycles. The molecule has 1 aliphatic rings. The summed E-state index contributed by atoms with van der Waals surface area (Å²) in [6.45, 7) is 0.449. The minimum Gasteiger partial charge on any atom is -0.457 e. The van der Waals surface area contributed by atoms with Gasteiger partial charge in [-0.15, -0.1) is 0 Å². The molecule has 0 atom stereocenters. The van der Waals surface area contributed by atoms with Crippen LogP contribution in [0.1, 0.15) is 51.1 Å². The molecule has 7 heteroatoms. The fraction of sp³-hybridized carbons (Fsp3) is 0.206. The predicted octanol–water partition coefficient (Wildman–Crippen LogP) is 6.51. The highest BCUT2D eigenvalue weighted by Gasteiger charge is 2.22. The highest BCUT2D eigenvalue weighted by atomic mass is 16.5. The Morgan fingerprint density at radius 1 is 0.854 bits per heavy atom. The molecule has 2 heterocycles. The Hall–Kier alpha value is -4.91. The normalized spacial score (nSPS) is 12.5. The Balaban J connectivity index is 1.17. The lowest BCUT2D eigenvalue weighted by atomic mass is 9.90. The minimum atomic E-state index is -0.137. The number of rotatable bonds is 9. The molecule has 0 saturated carbocycles. The van der Waals surface area contributed by atoms with Crippen LogP contribution in [0.3, 0.4) is 0 Å². The number of aromatic amines is 1. The Kier molecular flexibility index (Phi) is 7.76. The van der Waals surface area contributed by atoms with Gasteiger partial charge in [-0.3, -0.25) is 14.5 Å². The molecular formula is C34H31N3O4. The van der Waals surface area contributed by atoms with Gasteiger partial charge in [-0.1, -0.05) is 42.5 Å². The van der Waals surface area contributed by atoms with E-state index in [1.807, 2.05) is 78.9 Å². The summed E-state index contributed by atoms with van der Waals surface area (Å²) < 4.78 is 11.6. The highest BCUT2D eigenvalue weighted by molar-refractivity contribution is 6.05. The summed E-state index contributed by atoms with van der Waals surface area (Å²) in [5.41, 5.74) is 5.34. The number of H-pyrrole nitrogens is 1. The number of para-hydroxylation sites is 1. The number of fused-ring (bicyclic) bond motifs is 1. The first-order chi connectivity index (χ1) is 20.1. The van der Waals surface area contributed by atoms with Crippen LogP contribution < -0.4 is 15.2 Å². The second-order valence-corrected chi connectivity index (χ2v) is 10.3. The summed E-state index contributed by atoms with van der Waals surface area (Å²) in [5, 5.41) is 7.04. The van der Waals surface area contributed by atoms with Crippen molar-refractivity contribution >= 4 is 11.8 Å². The number of hydrogen-bond acceptors (Lipinski definition) is 5. The van der Waals surface area contributed by atoms with Crippen LogP contribution in [-0.2, 0) is 25.7 Å². The third-order valence-electron chi connectivity index (χ3n) is 7.47. The van der Waals surface area contributed by atoms with Crippen molar-refractivity contribution in [3.05, 3.63) is 141 Å². The molecule has 0 aliphatic heterocycles. The number of benzene rings is 3. The third-order valence-corrected chi connectivity index (χ3v) is 7.47. The van der Waals surface area contributed by atoms with Crippen LogP contribution in [0.15, 0.2) is 106 Å². The first kappa shape index (κ1) is 26.3. The zero-order chi connectivity index (χ0) is 28.0. The van der Waals surface area contributed by atoms with E-state index in [0.29, 0.717) is 30.8 Å². The van der Waals surface area contributed by atoms with Crippen molar-refractivity contribution in [3.8, 4) is 11.5 Å². The van der Waals surface area contributed by atoms with Gasteiger partial charge in [0.2, 0.25) is 5.88 Å². The van der Waals surface area contributed by atoms with Crippen LogP contribution >= 0.6 is 0 Å². The molecule has 1 amide bonds. The molecule has 206 valence electrons. The monoisotopic (exact) mass is 545 g/mol. The Morgan fingerprint density at radius 2 is 1.63 bits per heavy atom. The van der Waals surface area contributed by atoms with E-state index >= 15 is 0 Å². The molecule has 0 radical (unpaired) electrons. The summed E-state index contributed by atoms with van der Waals surface area (Å²) in [4.78, 5) is 27.7. The molecule has 0 unspecified atom stereocenters. The molecule has 1 aliphatic carbocycles. The van der Waals surface area contributed by atoms with Gasteiger partial charge < -0.3 is 9.15 Å². The lowest BCUT2D eigenvalue weighted by Crippen LogP contribution is -2.32. The SMILES string of the molecule is O=C(c1cccc(Cc2n[nH]c(=O)c3c2CCCC3)c1)N(CCc1ccc(Oc2ccccc2)cc1)c1ccco1. The number of anilines is 1. The Labute approximate surface area is 238 Å². The molecular weight excluding hydrogens is 514 g/mol. The Bertz CT molecular complexity index is 1680. The fourth-order valence-corrected chi connectivity index (χ4v) is 5.36. The van der Waals surface area contributed by atoms with Gasteiger partial charge >= 0.3 is 0 Å². The summed E-state index contributed by atoms with van der Waals surface area (Å²) >= 11 is 0. The number of carbonyl (C=O) groups excluding carboxylic acids is 1. The standard InChI is InChI=1S/C34H31N3O4/c38-33-30-13-5-4-12-29(30)31(35-36-33)23-25-8-6-9-26(22-25)34(39)37(32-14-7-21-40-32)20-19-24-15-17-28(18-16-24)41-27-10-2-1-3-11-27/h1-3,6-11,14-18,21-22H,4-5,12-13,19-20,23H2,(H,36,38). The van der Waals surface area contributed by atoms with Gasteiger partial charge in [0.05, 0.1) is 12.0 Å². The number of carbonyl (C=O) groups is 1. The van der Waals surface area contributed by atoms with Crippen molar-refractivity contribution < 1.29 is 13.9 Å². The summed E-state index contributed by atoms with van der Waals surface area (Å²) in [5.74, 6) is 1.91. The molecule has 41 heavy (non-hydrogen) atoms. The second-order valence-electron chi connectivity index (χ2n) is 10.3. The van der Waals surface area contributed by atoms with E-state index in [4.69, 9.17) is 9.15 Å². The average Bonchev–Trinajstić information content (AvgIpc) is 3.55. The van der Waals surface area contributed by atoms with Crippen LogP contribution in [0.5, 0.6) is 11.5 Å². The van der Waals surface area contributed by atoms with E-state index < -0.39 is 0 Å². The van der Waals surface area contributed by atoms with Gasteiger partial charge in [0.1, 0.15) is 11.5 Å².